The van der Waals surface area contributed by atoms with Gasteiger partial charge in [-0.15, -0.1) is 0 Å². The minimum Gasteiger partial charge on any atom is -0.377 e. The minimum absolute atomic E-state index is 0.0711. The number of nitrogens with zero attached hydrogens (tertiary/aromatic N) is 1. The molecule has 0 aromatic heterocycles. The van der Waals surface area contributed by atoms with Gasteiger partial charge in [0.05, 0.1) is 24.9 Å². The smallest absolute Gasteiger partial charge is 0.254 e. The van der Waals surface area contributed by atoms with Gasteiger partial charge in [0.2, 0.25) is 0 Å². The van der Waals surface area contributed by atoms with Gasteiger partial charge in [-0.3, -0.25) is 10.6 Å². The van der Waals surface area contributed by atoms with Crippen molar-refractivity contribution in [2.24, 2.45) is 5.84 Å². The van der Waals surface area contributed by atoms with E-state index in [0.717, 1.165) is 17.7 Å². The quantitative estimate of drug-likeness (QED) is 0.641. The first-order chi connectivity index (χ1) is 9.17. The first kappa shape index (κ1) is 13.8. The van der Waals surface area contributed by atoms with Gasteiger partial charge in [-0.1, -0.05) is 6.92 Å². The lowest BCUT2D eigenvalue weighted by atomic mass is 10.1. The average Bonchev–Trinajstić information content (AvgIpc) is 2.46. The summed E-state index contributed by atoms with van der Waals surface area (Å²) in [5.74, 6) is 5.47. The van der Waals surface area contributed by atoms with Gasteiger partial charge in [0.1, 0.15) is 0 Å². The van der Waals surface area contributed by atoms with Crippen molar-refractivity contribution in [3.05, 3.63) is 29.3 Å². The van der Waals surface area contributed by atoms with Crippen LogP contribution in [0.5, 0.6) is 0 Å². The van der Waals surface area contributed by atoms with E-state index in [4.69, 9.17) is 10.6 Å². The third-order valence-corrected chi connectivity index (χ3v) is 3.59. The van der Waals surface area contributed by atoms with Crippen molar-refractivity contribution < 1.29 is 9.53 Å². The molecule has 0 radical (unpaired) electrons. The lowest BCUT2D eigenvalue weighted by Crippen LogP contribution is -2.48. The molecule has 1 unspecified atom stereocenters. The molecule has 0 spiro atoms. The van der Waals surface area contributed by atoms with Crippen molar-refractivity contribution in [1.82, 2.24) is 4.90 Å². The number of carbonyl (C=O) groups excluding carboxylic acids is 1. The summed E-state index contributed by atoms with van der Waals surface area (Å²) in [7, 11) is 0. The molecule has 3 N–H and O–H groups in total. The zero-order chi connectivity index (χ0) is 13.8. The molecule has 1 aliphatic heterocycles. The molecule has 104 valence electrons. The van der Waals surface area contributed by atoms with Crippen LogP contribution in [0.25, 0.3) is 0 Å². The second-order valence-electron chi connectivity index (χ2n) is 4.81. The summed E-state index contributed by atoms with van der Waals surface area (Å²) in [6.07, 6.45) is 0.910. The predicted molar refractivity (Wildman–Crippen MR) is 74.9 cm³/mol. The second kappa shape index (κ2) is 6.04. The van der Waals surface area contributed by atoms with E-state index in [1.165, 1.54) is 0 Å². The largest absolute Gasteiger partial charge is 0.377 e. The lowest BCUT2D eigenvalue weighted by Gasteiger charge is -2.35. The summed E-state index contributed by atoms with van der Waals surface area (Å²) in [6.45, 7) is 5.91. The molecule has 5 nitrogen and oxygen atoms in total. The zero-order valence-corrected chi connectivity index (χ0v) is 11.5. The van der Waals surface area contributed by atoms with Crippen LogP contribution < -0.4 is 11.3 Å². The van der Waals surface area contributed by atoms with Crippen molar-refractivity contribution >= 4 is 11.6 Å². The van der Waals surface area contributed by atoms with Crippen LogP contribution in [0.15, 0.2) is 18.2 Å². The fourth-order valence-corrected chi connectivity index (χ4v) is 2.38. The van der Waals surface area contributed by atoms with Crippen LogP contribution in [-0.2, 0) is 4.74 Å². The molecular weight excluding hydrogens is 242 g/mol. The molecule has 1 aromatic carbocycles. The number of carbonyl (C=O) groups is 1. The Morgan fingerprint density at radius 3 is 3.00 bits per heavy atom. The van der Waals surface area contributed by atoms with E-state index < -0.39 is 0 Å². The number of rotatable bonds is 3. The summed E-state index contributed by atoms with van der Waals surface area (Å²) in [4.78, 5) is 14.5. The molecule has 1 atom stereocenters. The fraction of sp³-hybridized carbons (Fsp3) is 0.500. The highest BCUT2D eigenvalue weighted by atomic mass is 16.5. The molecule has 1 amide bonds. The number of nitrogens with one attached hydrogen (secondary N) is 1. The Bertz CT molecular complexity index is 462. The van der Waals surface area contributed by atoms with Crippen LogP contribution in [0, 0.1) is 6.92 Å². The number of nitrogen functional groups attached to an aromatic ring is 1. The van der Waals surface area contributed by atoms with Crippen LogP contribution in [0.2, 0.25) is 0 Å². The number of nitrogens with two attached hydrogens (primary N) is 1. The molecule has 1 aromatic rings. The maximum atomic E-state index is 12.5. The first-order valence-corrected chi connectivity index (χ1v) is 6.63. The summed E-state index contributed by atoms with van der Waals surface area (Å²) >= 11 is 0. The van der Waals surface area contributed by atoms with E-state index in [-0.39, 0.29) is 11.9 Å². The van der Waals surface area contributed by atoms with Crippen molar-refractivity contribution in [2.75, 3.05) is 25.2 Å². The normalized spacial score (nSPS) is 19.3. The molecule has 0 bridgehead atoms. The average molecular weight is 263 g/mol. The van der Waals surface area contributed by atoms with E-state index in [1.807, 2.05) is 30.0 Å². The van der Waals surface area contributed by atoms with E-state index in [1.54, 1.807) is 0 Å². The minimum atomic E-state index is 0.0711. The molecule has 1 saturated heterocycles. The summed E-state index contributed by atoms with van der Waals surface area (Å²) < 4.78 is 5.43. The van der Waals surface area contributed by atoms with Crippen LogP contribution >= 0.6 is 0 Å². The third-order valence-electron chi connectivity index (χ3n) is 3.59. The number of amides is 1. The van der Waals surface area contributed by atoms with Crippen LogP contribution in [-0.4, -0.2) is 36.6 Å². The number of ether oxygens (including phenoxy) is 1. The van der Waals surface area contributed by atoms with E-state index in [9.17, 15) is 4.79 Å². The SMILES string of the molecule is CCC1COCCN1C(=O)c1ccc(NN)c(C)c1. The van der Waals surface area contributed by atoms with Gasteiger partial charge < -0.3 is 15.1 Å². The van der Waals surface area contributed by atoms with Crippen molar-refractivity contribution in [3.8, 4) is 0 Å². The van der Waals surface area contributed by atoms with Crippen molar-refractivity contribution in [1.29, 1.82) is 0 Å². The Labute approximate surface area is 113 Å². The van der Waals surface area contributed by atoms with Crippen LogP contribution in [0.4, 0.5) is 5.69 Å². The monoisotopic (exact) mass is 263 g/mol. The third kappa shape index (κ3) is 2.88. The van der Waals surface area contributed by atoms with E-state index in [2.05, 4.69) is 12.3 Å². The van der Waals surface area contributed by atoms with Gasteiger partial charge in [-0.25, -0.2) is 0 Å². The van der Waals surface area contributed by atoms with Gasteiger partial charge in [-0.2, -0.15) is 0 Å². The lowest BCUT2D eigenvalue weighted by molar-refractivity contribution is -0.00280. The molecule has 0 saturated carbocycles. The van der Waals surface area contributed by atoms with Crippen molar-refractivity contribution in [3.63, 3.8) is 0 Å². The number of hydrogen-bond acceptors (Lipinski definition) is 4. The standard InChI is InChI=1S/C14H21N3O2/c1-3-12-9-19-7-6-17(12)14(18)11-4-5-13(16-15)10(2)8-11/h4-5,8,12,16H,3,6-7,9,15H2,1-2H3. The van der Waals surface area contributed by atoms with Crippen molar-refractivity contribution in [2.45, 2.75) is 26.3 Å². The zero-order valence-electron chi connectivity index (χ0n) is 11.5. The Balaban J connectivity index is 2.20. The predicted octanol–water partition coefficient (Wildman–Crippen LogP) is 1.53. The van der Waals surface area contributed by atoms with Crippen LogP contribution in [0.3, 0.4) is 0 Å². The highest BCUT2D eigenvalue weighted by Gasteiger charge is 2.26. The number of anilines is 1. The summed E-state index contributed by atoms with van der Waals surface area (Å²) in [6, 6.07) is 5.70. The molecule has 2 rings (SSSR count). The highest BCUT2D eigenvalue weighted by molar-refractivity contribution is 5.95. The van der Waals surface area contributed by atoms with Gasteiger partial charge in [0.25, 0.3) is 5.91 Å². The molecule has 1 aliphatic rings. The van der Waals surface area contributed by atoms with E-state index >= 15 is 0 Å². The number of morpholine rings is 1. The molecule has 1 fully saturated rings. The van der Waals surface area contributed by atoms with Crippen LogP contribution in [0.1, 0.15) is 29.3 Å². The number of hydrazine groups is 1. The summed E-state index contributed by atoms with van der Waals surface area (Å²) in [5, 5.41) is 0. The Hall–Kier alpha value is -1.59. The Morgan fingerprint density at radius 2 is 2.37 bits per heavy atom. The van der Waals surface area contributed by atoms with Gasteiger partial charge in [-0.05, 0) is 37.1 Å². The maximum Gasteiger partial charge on any atom is 0.254 e. The number of benzene rings is 1. The first-order valence-electron chi connectivity index (χ1n) is 6.63. The topological polar surface area (TPSA) is 67.6 Å². The second-order valence-corrected chi connectivity index (χ2v) is 4.81. The van der Waals surface area contributed by atoms with E-state index in [0.29, 0.717) is 25.3 Å². The summed E-state index contributed by atoms with van der Waals surface area (Å²) in [5.41, 5.74) is 5.13. The van der Waals surface area contributed by atoms with Gasteiger partial charge in [0.15, 0.2) is 0 Å². The molecule has 0 aliphatic carbocycles. The number of aryl methyl sites for hydroxylation is 1. The highest BCUT2D eigenvalue weighted by Crippen LogP contribution is 2.19. The molecule has 19 heavy (non-hydrogen) atoms. The van der Waals surface area contributed by atoms with Gasteiger partial charge in [0, 0.05) is 12.1 Å². The molecule has 5 heteroatoms. The number of hydrogen-bond donors (Lipinski definition) is 2. The maximum absolute atomic E-state index is 12.5. The fourth-order valence-electron chi connectivity index (χ4n) is 2.38. The van der Waals surface area contributed by atoms with Gasteiger partial charge >= 0.3 is 0 Å². The Morgan fingerprint density at radius 1 is 1.58 bits per heavy atom. The Kier molecular flexibility index (Phi) is 4.39. The molecular formula is C14H21N3O2. The molecule has 1 heterocycles.